The van der Waals surface area contributed by atoms with Crippen LogP contribution in [0.15, 0.2) is 12.1 Å². The fourth-order valence-corrected chi connectivity index (χ4v) is 1.38. The predicted octanol–water partition coefficient (Wildman–Crippen LogP) is 2.44. The van der Waals surface area contributed by atoms with Gasteiger partial charge in [-0.3, -0.25) is 0 Å². The smallest absolute Gasteiger partial charge is 0.150 e. The second kappa shape index (κ2) is 5.58. The Hall–Kier alpha value is -1.27. The molecule has 100 valence electrons. The molecule has 0 aliphatic rings. The van der Waals surface area contributed by atoms with Crippen LogP contribution in [0.25, 0.3) is 0 Å². The first-order valence-corrected chi connectivity index (χ1v) is 5.75. The lowest BCUT2D eigenvalue weighted by Gasteiger charge is -2.24. The van der Waals surface area contributed by atoms with Gasteiger partial charge in [-0.2, -0.15) is 0 Å². The van der Waals surface area contributed by atoms with Gasteiger partial charge in [0.25, 0.3) is 0 Å². The molecule has 0 amide bonds. The highest BCUT2D eigenvalue weighted by Gasteiger charge is 2.19. The van der Waals surface area contributed by atoms with Gasteiger partial charge in [0.05, 0.1) is 5.60 Å². The lowest BCUT2D eigenvalue weighted by molar-refractivity contribution is 0.0343. The van der Waals surface area contributed by atoms with Gasteiger partial charge in [-0.25, -0.2) is 8.78 Å². The zero-order chi connectivity index (χ0) is 13.9. The van der Waals surface area contributed by atoms with Crippen LogP contribution in [0, 0.1) is 11.6 Å². The lowest BCUT2D eigenvalue weighted by Crippen LogP contribution is -2.32. The minimum absolute atomic E-state index is 0.0448. The predicted molar refractivity (Wildman–Crippen MR) is 71.8 cm³/mol. The van der Waals surface area contributed by atoms with E-state index in [9.17, 15) is 8.78 Å². The van der Waals surface area contributed by atoms with Crippen LogP contribution in [-0.4, -0.2) is 24.2 Å². The van der Waals surface area contributed by atoms with Gasteiger partial charge in [-0.15, -0.1) is 0 Å². The second-order valence-electron chi connectivity index (χ2n) is 4.50. The number of anilines is 1. The largest absolute Gasteiger partial charge is 0.389 e. The van der Waals surface area contributed by atoms with E-state index in [1.54, 1.807) is 13.8 Å². The van der Waals surface area contributed by atoms with Gasteiger partial charge in [0.15, 0.2) is 0 Å². The minimum atomic E-state index is -0.732. The number of methoxy groups -OCH3 is 1. The molecule has 3 N–H and O–H groups in total. The number of nitrogens with one attached hydrogen (secondary N) is 1. The molecule has 0 saturated carbocycles. The molecule has 1 aromatic carbocycles. The highest BCUT2D eigenvalue weighted by Crippen LogP contribution is 2.22. The van der Waals surface area contributed by atoms with Crippen molar-refractivity contribution in [1.29, 1.82) is 0 Å². The number of ether oxygens (including phenoxy) is 1. The molecule has 0 aliphatic heterocycles. The third-order valence-electron chi connectivity index (χ3n) is 2.57. The van der Waals surface area contributed by atoms with Crippen LogP contribution in [0.4, 0.5) is 14.5 Å². The highest BCUT2D eigenvalue weighted by molar-refractivity contribution is 7.80. The SMILES string of the molecule is COC(C)(C)CNc1c(F)cc(C(N)=S)cc1F. The Morgan fingerprint density at radius 3 is 2.28 bits per heavy atom. The van der Waals surface area contributed by atoms with Gasteiger partial charge in [0, 0.05) is 19.2 Å². The number of nitrogens with two attached hydrogens (primary N) is 1. The van der Waals surface area contributed by atoms with Crippen LogP contribution in [0.1, 0.15) is 19.4 Å². The number of thiocarbonyl (C=S) groups is 1. The summed E-state index contributed by atoms with van der Waals surface area (Å²) >= 11 is 4.67. The molecule has 6 heteroatoms. The number of hydrogen-bond acceptors (Lipinski definition) is 3. The van der Waals surface area contributed by atoms with Crippen LogP contribution >= 0.6 is 12.2 Å². The molecule has 0 aromatic heterocycles. The molecule has 0 fully saturated rings. The third-order valence-corrected chi connectivity index (χ3v) is 2.81. The molecular weight excluding hydrogens is 258 g/mol. The maximum absolute atomic E-state index is 13.7. The van der Waals surface area contributed by atoms with E-state index in [1.807, 2.05) is 0 Å². The van der Waals surface area contributed by atoms with Crippen molar-refractivity contribution in [3.8, 4) is 0 Å². The van der Waals surface area contributed by atoms with E-state index in [0.717, 1.165) is 12.1 Å². The topological polar surface area (TPSA) is 47.3 Å². The van der Waals surface area contributed by atoms with E-state index in [4.69, 9.17) is 10.5 Å². The number of hydrogen-bond donors (Lipinski definition) is 2. The zero-order valence-electron chi connectivity index (χ0n) is 10.5. The Morgan fingerprint density at radius 2 is 1.89 bits per heavy atom. The van der Waals surface area contributed by atoms with E-state index in [2.05, 4.69) is 17.5 Å². The molecule has 0 radical (unpaired) electrons. The summed E-state index contributed by atoms with van der Waals surface area (Å²) in [6.07, 6.45) is 0. The first-order chi connectivity index (χ1) is 8.26. The average molecular weight is 274 g/mol. The molecule has 0 unspecified atom stereocenters. The van der Waals surface area contributed by atoms with Crippen molar-refractivity contribution < 1.29 is 13.5 Å². The quantitative estimate of drug-likeness (QED) is 0.810. The Balaban J connectivity index is 2.94. The molecule has 0 spiro atoms. The second-order valence-corrected chi connectivity index (χ2v) is 4.94. The van der Waals surface area contributed by atoms with Crippen molar-refractivity contribution in [2.75, 3.05) is 19.0 Å². The summed E-state index contributed by atoms with van der Waals surface area (Å²) < 4.78 is 32.5. The molecule has 0 saturated heterocycles. The number of halogens is 2. The summed E-state index contributed by atoms with van der Waals surface area (Å²) in [4.78, 5) is -0.0448. The van der Waals surface area contributed by atoms with Crippen LogP contribution < -0.4 is 11.1 Å². The van der Waals surface area contributed by atoms with Crippen molar-refractivity contribution in [2.24, 2.45) is 5.73 Å². The summed E-state index contributed by atoms with van der Waals surface area (Å²) in [7, 11) is 1.53. The number of benzene rings is 1. The van der Waals surface area contributed by atoms with Crippen molar-refractivity contribution in [3.05, 3.63) is 29.3 Å². The summed E-state index contributed by atoms with van der Waals surface area (Å²) in [5.41, 5.74) is 4.75. The van der Waals surface area contributed by atoms with Gasteiger partial charge < -0.3 is 15.8 Å². The van der Waals surface area contributed by atoms with E-state index in [0.29, 0.717) is 0 Å². The van der Waals surface area contributed by atoms with Crippen LogP contribution in [-0.2, 0) is 4.74 Å². The fraction of sp³-hybridized carbons (Fsp3) is 0.417. The molecule has 18 heavy (non-hydrogen) atoms. The van der Waals surface area contributed by atoms with E-state index in [1.165, 1.54) is 7.11 Å². The molecule has 0 aliphatic carbocycles. The maximum atomic E-state index is 13.7. The van der Waals surface area contributed by atoms with Crippen molar-refractivity contribution in [1.82, 2.24) is 0 Å². The molecular formula is C12H16F2N2OS. The Labute approximate surface area is 110 Å². The minimum Gasteiger partial charge on any atom is -0.389 e. The Bertz CT molecular complexity index is 440. The fourth-order valence-electron chi connectivity index (χ4n) is 1.26. The summed E-state index contributed by atoms with van der Waals surface area (Å²) in [5.74, 6) is -1.46. The molecule has 1 aromatic rings. The Kier molecular flexibility index (Phi) is 4.59. The van der Waals surface area contributed by atoms with Gasteiger partial charge >= 0.3 is 0 Å². The van der Waals surface area contributed by atoms with Crippen LogP contribution in [0.5, 0.6) is 0 Å². The van der Waals surface area contributed by atoms with Crippen molar-refractivity contribution in [3.63, 3.8) is 0 Å². The van der Waals surface area contributed by atoms with E-state index >= 15 is 0 Å². The molecule has 0 heterocycles. The monoisotopic (exact) mass is 274 g/mol. The molecule has 0 atom stereocenters. The lowest BCUT2D eigenvalue weighted by atomic mass is 10.1. The first kappa shape index (κ1) is 14.8. The summed E-state index contributed by atoms with van der Waals surface area (Å²) in [5, 5.41) is 2.68. The number of rotatable bonds is 5. The average Bonchev–Trinajstić information content (AvgIpc) is 2.27. The standard InChI is InChI=1S/C12H16F2N2OS/c1-12(2,17-3)6-16-10-8(13)4-7(11(15)18)5-9(10)14/h4-5,16H,6H2,1-3H3,(H2,15,18). The van der Waals surface area contributed by atoms with Gasteiger partial charge in [0.1, 0.15) is 22.3 Å². The molecule has 1 rings (SSSR count). The van der Waals surface area contributed by atoms with Crippen molar-refractivity contribution >= 4 is 22.9 Å². The maximum Gasteiger partial charge on any atom is 0.150 e. The first-order valence-electron chi connectivity index (χ1n) is 5.34. The van der Waals surface area contributed by atoms with Crippen LogP contribution in [0.3, 0.4) is 0 Å². The van der Waals surface area contributed by atoms with E-state index in [-0.39, 0.29) is 22.8 Å². The summed E-state index contributed by atoms with van der Waals surface area (Å²) in [6, 6.07) is 2.21. The highest BCUT2D eigenvalue weighted by atomic mass is 32.1. The van der Waals surface area contributed by atoms with Crippen LogP contribution in [0.2, 0.25) is 0 Å². The van der Waals surface area contributed by atoms with Gasteiger partial charge in [0.2, 0.25) is 0 Å². The van der Waals surface area contributed by atoms with Gasteiger partial charge in [-0.1, -0.05) is 12.2 Å². The normalized spacial score (nSPS) is 11.4. The van der Waals surface area contributed by atoms with Crippen molar-refractivity contribution in [2.45, 2.75) is 19.4 Å². The molecule has 0 bridgehead atoms. The summed E-state index contributed by atoms with van der Waals surface area (Å²) in [6.45, 7) is 3.88. The van der Waals surface area contributed by atoms with E-state index < -0.39 is 17.2 Å². The molecule has 3 nitrogen and oxygen atoms in total. The zero-order valence-corrected chi connectivity index (χ0v) is 11.3. The third kappa shape index (κ3) is 3.61. The Morgan fingerprint density at radius 1 is 1.39 bits per heavy atom. The van der Waals surface area contributed by atoms with Gasteiger partial charge in [-0.05, 0) is 26.0 Å².